The van der Waals surface area contributed by atoms with Crippen molar-refractivity contribution in [1.29, 1.82) is 0 Å². The third-order valence-electron chi connectivity index (χ3n) is 7.55. The van der Waals surface area contributed by atoms with Crippen LogP contribution in [0.4, 0.5) is 11.5 Å². The van der Waals surface area contributed by atoms with Gasteiger partial charge in [-0.3, -0.25) is 0 Å². The molecule has 5 rings (SSSR count). The molecule has 1 aromatic carbocycles. The Labute approximate surface area is 268 Å². The first-order valence-corrected chi connectivity index (χ1v) is 15.7. The number of hydrogen-bond acceptors (Lipinski definition) is 12. The summed E-state index contributed by atoms with van der Waals surface area (Å²) >= 11 is 6.36. The highest BCUT2D eigenvalue weighted by atomic mass is 35.5. The zero-order valence-corrected chi connectivity index (χ0v) is 26.1. The number of terminal acetylenes is 1. The van der Waals surface area contributed by atoms with Crippen molar-refractivity contribution in [3.8, 4) is 18.1 Å². The lowest BCUT2D eigenvalue weighted by atomic mass is 10.2. The molecule has 2 fully saturated rings. The number of aromatic nitrogens is 4. The second-order valence-electron chi connectivity index (χ2n) is 10.5. The molecular formula is C31H41ClN6O7. The van der Waals surface area contributed by atoms with Crippen LogP contribution in [0.25, 0.3) is 11.0 Å². The van der Waals surface area contributed by atoms with E-state index in [9.17, 15) is 5.11 Å². The number of ether oxygens (including phenoxy) is 6. The molecule has 0 radical (unpaired) electrons. The van der Waals surface area contributed by atoms with Crippen LogP contribution in [-0.2, 0) is 23.7 Å². The van der Waals surface area contributed by atoms with Crippen LogP contribution in [0.5, 0.6) is 5.75 Å². The predicted molar refractivity (Wildman–Crippen MR) is 169 cm³/mol. The van der Waals surface area contributed by atoms with Crippen molar-refractivity contribution in [3.05, 3.63) is 35.7 Å². The Bertz CT molecular complexity index is 1360. The SMILES string of the molecule is C#CCOCCOCCOCCOCCOc1ccc(N2CCN(c3nc(Cl)nc4c3cnn4C3CCC(CO)O3)CC2)cc1. The molecule has 2 unspecified atom stereocenters. The van der Waals surface area contributed by atoms with E-state index in [4.69, 9.17) is 46.4 Å². The molecule has 3 aromatic rings. The summed E-state index contributed by atoms with van der Waals surface area (Å²) in [6, 6.07) is 8.12. The van der Waals surface area contributed by atoms with Crippen LogP contribution in [0.15, 0.2) is 30.5 Å². The molecule has 2 atom stereocenters. The Kier molecular flexibility index (Phi) is 12.9. The molecule has 45 heavy (non-hydrogen) atoms. The second kappa shape index (κ2) is 17.5. The third kappa shape index (κ3) is 9.40. The van der Waals surface area contributed by atoms with E-state index in [-0.39, 0.29) is 24.2 Å². The Balaban J connectivity index is 0.995. The summed E-state index contributed by atoms with van der Waals surface area (Å²) in [5.41, 5.74) is 1.78. The van der Waals surface area contributed by atoms with Gasteiger partial charge in [-0.1, -0.05) is 5.92 Å². The molecule has 2 aliphatic rings. The number of fused-ring (bicyclic) bond motifs is 1. The minimum atomic E-state index is -0.275. The first kappa shape index (κ1) is 33.2. The highest BCUT2D eigenvalue weighted by Crippen LogP contribution is 2.33. The molecule has 1 N–H and O–H groups in total. The van der Waals surface area contributed by atoms with Crippen molar-refractivity contribution in [2.24, 2.45) is 0 Å². The quantitative estimate of drug-likeness (QED) is 0.124. The van der Waals surface area contributed by atoms with Crippen LogP contribution >= 0.6 is 11.6 Å². The van der Waals surface area contributed by atoms with E-state index in [1.165, 1.54) is 0 Å². The second-order valence-corrected chi connectivity index (χ2v) is 10.9. The molecule has 2 saturated heterocycles. The maximum absolute atomic E-state index is 9.45. The van der Waals surface area contributed by atoms with Gasteiger partial charge in [0.25, 0.3) is 0 Å². The van der Waals surface area contributed by atoms with Gasteiger partial charge in [-0.25, -0.2) is 4.68 Å². The average Bonchev–Trinajstić information content (AvgIpc) is 3.72. The Morgan fingerprint density at radius 1 is 0.867 bits per heavy atom. The fraction of sp³-hybridized carbons (Fsp3) is 0.581. The molecule has 0 saturated carbocycles. The Morgan fingerprint density at radius 2 is 1.51 bits per heavy atom. The first-order valence-electron chi connectivity index (χ1n) is 15.3. The molecule has 2 aromatic heterocycles. The van der Waals surface area contributed by atoms with Crippen molar-refractivity contribution in [3.63, 3.8) is 0 Å². The lowest BCUT2D eigenvalue weighted by Gasteiger charge is -2.37. The topological polar surface area (TPSA) is 126 Å². The minimum absolute atomic E-state index is 0.00696. The predicted octanol–water partition coefficient (Wildman–Crippen LogP) is 2.55. The van der Waals surface area contributed by atoms with Gasteiger partial charge < -0.3 is 43.3 Å². The van der Waals surface area contributed by atoms with Crippen LogP contribution in [-0.4, -0.2) is 123 Å². The molecule has 0 spiro atoms. The summed E-state index contributed by atoms with van der Waals surface area (Å²) in [7, 11) is 0. The van der Waals surface area contributed by atoms with Gasteiger partial charge in [-0.05, 0) is 48.7 Å². The van der Waals surface area contributed by atoms with E-state index in [0.29, 0.717) is 65.1 Å². The summed E-state index contributed by atoms with van der Waals surface area (Å²) in [4.78, 5) is 13.6. The minimum Gasteiger partial charge on any atom is -0.491 e. The van der Waals surface area contributed by atoms with Crippen molar-refractivity contribution >= 4 is 34.1 Å². The zero-order chi connectivity index (χ0) is 31.3. The first-order chi connectivity index (χ1) is 22.2. The van der Waals surface area contributed by atoms with Gasteiger partial charge in [-0.15, -0.1) is 6.42 Å². The van der Waals surface area contributed by atoms with Gasteiger partial charge >= 0.3 is 0 Å². The van der Waals surface area contributed by atoms with Crippen LogP contribution in [0.2, 0.25) is 5.28 Å². The average molecular weight is 645 g/mol. The molecule has 244 valence electrons. The molecular weight excluding hydrogens is 604 g/mol. The van der Waals surface area contributed by atoms with Gasteiger partial charge in [0, 0.05) is 31.9 Å². The van der Waals surface area contributed by atoms with Gasteiger partial charge in [0.2, 0.25) is 5.28 Å². The fourth-order valence-corrected chi connectivity index (χ4v) is 5.44. The fourth-order valence-electron chi connectivity index (χ4n) is 5.28. The van der Waals surface area contributed by atoms with Gasteiger partial charge in [0.1, 0.15) is 24.8 Å². The van der Waals surface area contributed by atoms with Crippen molar-refractivity contribution in [2.45, 2.75) is 25.2 Å². The molecule has 0 amide bonds. The third-order valence-corrected chi connectivity index (χ3v) is 7.72. The maximum Gasteiger partial charge on any atom is 0.226 e. The maximum atomic E-state index is 9.45. The van der Waals surface area contributed by atoms with E-state index in [2.05, 4.69) is 42.9 Å². The number of nitrogens with zero attached hydrogens (tertiary/aromatic N) is 6. The lowest BCUT2D eigenvalue weighted by molar-refractivity contribution is -0.0262. The van der Waals surface area contributed by atoms with Gasteiger partial charge in [-0.2, -0.15) is 15.1 Å². The summed E-state index contributed by atoms with van der Waals surface area (Å²) in [6.07, 6.45) is 7.96. The van der Waals surface area contributed by atoms with Crippen LogP contribution < -0.4 is 14.5 Å². The van der Waals surface area contributed by atoms with Crippen LogP contribution in [0.3, 0.4) is 0 Å². The normalized spacial score (nSPS) is 18.5. The number of benzene rings is 1. The summed E-state index contributed by atoms with van der Waals surface area (Å²) in [6.45, 7) is 7.41. The highest BCUT2D eigenvalue weighted by Gasteiger charge is 2.30. The van der Waals surface area contributed by atoms with E-state index in [0.717, 1.165) is 61.7 Å². The number of piperazine rings is 1. The standard InChI is InChI=1S/C31H41ClN6O7/c1-2-13-40-14-15-41-16-17-42-18-19-43-20-21-44-25-5-3-24(4-6-25)36-9-11-37(12-10-36)29-27-22-33-38(30(27)35-31(32)34-29)28-8-7-26(23-39)45-28/h1,3-6,22,26,28,39H,7-21,23H2. The van der Waals surface area contributed by atoms with Gasteiger partial charge in [0.05, 0.1) is 70.5 Å². The summed E-state index contributed by atoms with van der Waals surface area (Å²) in [5.74, 6) is 3.98. The Morgan fingerprint density at radius 3 is 2.16 bits per heavy atom. The summed E-state index contributed by atoms with van der Waals surface area (Å²) < 4.78 is 35.1. The van der Waals surface area contributed by atoms with E-state index in [1.807, 2.05) is 12.1 Å². The molecule has 2 aliphatic heterocycles. The van der Waals surface area contributed by atoms with Gasteiger partial charge in [0.15, 0.2) is 11.9 Å². The number of rotatable bonds is 18. The smallest absolute Gasteiger partial charge is 0.226 e. The molecule has 0 bridgehead atoms. The number of hydrogen-bond donors (Lipinski definition) is 1. The largest absolute Gasteiger partial charge is 0.491 e. The molecule has 14 heteroatoms. The van der Waals surface area contributed by atoms with E-state index in [1.54, 1.807) is 10.9 Å². The van der Waals surface area contributed by atoms with Crippen molar-refractivity contribution in [2.75, 3.05) is 102 Å². The number of aliphatic hydroxyl groups excluding tert-OH is 1. The van der Waals surface area contributed by atoms with E-state index < -0.39 is 0 Å². The molecule has 4 heterocycles. The monoisotopic (exact) mass is 644 g/mol. The summed E-state index contributed by atoms with van der Waals surface area (Å²) in [5, 5.41) is 15.0. The van der Waals surface area contributed by atoms with Crippen LogP contribution in [0.1, 0.15) is 19.1 Å². The Hall–Kier alpha value is -3.22. The molecule has 0 aliphatic carbocycles. The highest BCUT2D eigenvalue weighted by molar-refractivity contribution is 6.28. The lowest BCUT2D eigenvalue weighted by Crippen LogP contribution is -2.47. The van der Waals surface area contributed by atoms with Crippen LogP contribution in [0, 0.1) is 12.3 Å². The van der Waals surface area contributed by atoms with Crippen molar-refractivity contribution in [1.82, 2.24) is 19.7 Å². The number of halogens is 1. The molecule has 13 nitrogen and oxygen atoms in total. The van der Waals surface area contributed by atoms with Crippen molar-refractivity contribution < 1.29 is 33.5 Å². The number of anilines is 2. The van der Waals surface area contributed by atoms with E-state index >= 15 is 0 Å². The zero-order valence-electron chi connectivity index (χ0n) is 25.4. The number of aliphatic hydroxyl groups is 1.